The van der Waals surface area contributed by atoms with E-state index < -0.39 is 18.1 Å². The molecule has 0 aliphatic carbocycles. The monoisotopic (exact) mass is 546 g/mol. The average Bonchev–Trinajstić information content (AvgIpc) is 3.72. The number of anilines is 1. The van der Waals surface area contributed by atoms with E-state index in [1.54, 1.807) is 54.7 Å². The Morgan fingerprint density at radius 1 is 1.02 bits per heavy atom. The smallest absolute Gasteiger partial charge is 0.332 e. The second kappa shape index (κ2) is 9.71. The van der Waals surface area contributed by atoms with Gasteiger partial charge in [-0.1, -0.05) is 30.3 Å². The number of carbonyl (C=O) groups excluding carboxylic acids is 3. The zero-order valence-electron chi connectivity index (χ0n) is 22.2. The number of imide groups is 1. The van der Waals surface area contributed by atoms with Gasteiger partial charge in [0.2, 0.25) is 0 Å². The number of urea groups is 1. The topological polar surface area (TPSA) is 108 Å². The highest BCUT2D eigenvalue weighted by Gasteiger charge is 2.53. The van der Waals surface area contributed by atoms with Gasteiger partial charge in [0.25, 0.3) is 11.8 Å². The van der Waals surface area contributed by atoms with E-state index in [9.17, 15) is 14.4 Å². The molecule has 2 aliphatic heterocycles. The Labute approximate surface area is 235 Å². The lowest BCUT2D eigenvalue weighted by Gasteiger charge is -2.36. The summed E-state index contributed by atoms with van der Waals surface area (Å²) in [6.07, 6.45) is 1.94. The second-order valence-corrected chi connectivity index (χ2v) is 10.1. The molecule has 9 heteroatoms. The first-order valence-corrected chi connectivity index (χ1v) is 13.3. The predicted octanol–water partition coefficient (Wildman–Crippen LogP) is 5.18. The minimum Gasteiger partial charge on any atom is -0.497 e. The number of H-pyrrole nitrogens is 1. The van der Waals surface area contributed by atoms with E-state index in [0.717, 1.165) is 27.7 Å². The van der Waals surface area contributed by atoms with Crippen LogP contribution < -0.4 is 15.0 Å². The number of aromatic nitrogens is 1. The number of carbonyl (C=O) groups is 3. The Kier molecular flexibility index (Phi) is 5.85. The van der Waals surface area contributed by atoms with E-state index in [1.807, 2.05) is 48.5 Å². The highest BCUT2D eigenvalue weighted by Crippen LogP contribution is 2.45. The molecule has 4 amide bonds. The van der Waals surface area contributed by atoms with Crippen molar-refractivity contribution in [2.75, 3.05) is 12.0 Å². The van der Waals surface area contributed by atoms with Crippen LogP contribution in [0.25, 0.3) is 10.9 Å². The second-order valence-electron chi connectivity index (χ2n) is 10.1. The molecule has 2 aliphatic rings. The van der Waals surface area contributed by atoms with Crippen LogP contribution in [0.4, 0.5) is 10.5 Å². The molecule has 2 unspecified atom stereocenters. The zero-order chi connectivity index (χ0) is 28.1. The Morgan fingerprint density at radius 2 is 1.85 bits per heavy atom. The van der Waals surface area contributed by atoms with Crippen molar-refractivity contribution >= 4 is 34.4 Å². The summed E-state index contributed by atoms with van der Waals surface area (Å²) in [6.45, 7) is 0.258. The van der Waals surface area contributed by atoms with Crippen LogP contribution in [0.2, 0.25) is 0 Å². The van der Waals surface area contributed by atoms with E-state index in [4.69, 9.17) is 9.15 Å². The van der Waals surface area contributed by atoms with Gasteiger partial charge >= 0.3 is 6.03 Å². The van der Waals surface area contributed by atoms with Crippen LogP contribution in [0.15, 0.2) is 95.6 Å². The number of para-hydroxylation sites is 1. The summed E-state index contributed by atoms with van der Waals surface area (Å²) in [5.74, 6) is 0.725. The Balaban J connectivity index is 1.23. The largest absolute Gasteiger partial charge is 0.497 e. The maximum absolute atomic E-state index is 14.1. The summed E-state index contributed by atoms with van der Waals surface area (Å²) < 4.78 is 10.7. The molecule has 3 aromatic carbocycles. The fourth-order valence-corrected chi connectivity index (χ4v) is 5.91. The van der Waals surface area contributed by atoms with E-state index in [2.05, 4.69) is 10.3 Å². The molecule has 7 rings (SSSR count). The number of nitrogens with one attached hydrogen (secondary N) is 2. The number of aromatic amines is 1. The molecule has 5 aromatic rings. The molecule has 41 heavy (non-hydrogen) atoms. The number of furan rings is 1. The standard InChI is InChI=1S/C32H26N4O5/c1-40-22-7-4-6-20(16-22)29-28-25(24-9-2-3-10-26(24)34-28)17-27-31(38)35(32(39)36(27)29)21-13-11-19(12-14-21)30(37)33-18-23-8-5-15-41-23/h2-16,27,29,34H,17-18H2,1H3,(H,33,37). The molecule has 1 fully saturated rings. The van der Waals surface area contributed by atoms with Crippen molar-refractivity contribution in [3.63, 3.8) is 0 Å². The van der Waals surface area contributed by atoms with Crippen molar-refractivity contribution in [3.05, 3.63) is 119 Å². The normalized spacial score (nSPS) is 18.0. The number of nitrogens with zero attached hydrogens (tertiary/aromatic N) is 2. The maximum atomic E-state index is 14.1. The van der Waals surface area contributed by atoms with Crippen molar-refractivity contribution < 1.29 is 23.5 Å². The Hall–Kier alpha value is -5.31. The van der Waals surface area contributed by atoms with E-state index in [0.29, 0.717) is 29.2 Å². The molecule has 2 atom stereocenters. The summed E-state index contributed by atoms with van der Waals surface area (Å²) in [4.78, 5) is 47.0. The number of methoxy groups -OCH3 is 1. The molecule has 4 heterocycles. The predicted molar refractivity (Wildman–Crippen MR) is 152 cm³/mol. The van der Waals surface area contributed by atoms with Crippen LogP contribution >= 0.6 is 0 Å². The first kappa shape index (κ1) is 24.7. The van der Waals surface area contributed by atoms with Crippen LogP contribution in [-0.4, -0.2) is 40.9 Å². The number of benzene rings is 3. The number of rotatable bonds is 6. The number of hydrogen-bond donors (Lipinski definition) is 2. The quantitative estimate of drug-likeness (QED) is 0.285. The van der Waals surface area contributed by atoms with Gasteiger partial charge in [-0.15, -0.1) is 0 Å². The van der Waals surface area contributed by atoms with Gasteiger partial charge in [-0.3, -0.25) is 14.5 Å². The van der Waals surface area contributed by atoms with Gasteiger partial charge in [-0.2, -0.15) is 0 Å². The highest BCUT2D eigenvalue weighted by atomic mass is 16.5. The molecule has 0 radical (unpaired) electrons. The summed E-state index contributed by atoms with van der Waals surface area (Å²) in [5.41, 5.74) is 4.55. The summed E-state index contributed by atoms with van der Waals surface area (Å²) in [5, 5.41) is 3.84. The van der Waals surface area contributed by atoms with Crippen molar-refractivity contribution in [2.45, 2.75) is 25.0 Å². The molecular formula is C32H26N4O5. The van der Waals surface area contributed by atoms with Gasteiger partial charge in [0.1, 0.15) is 23.6 Å². The number of hydrogen-bond acceptors (Lipinski definition) is 5. The lowest BCUT2D eigenvalue weighted by molar-refractivity contribution is -0.120. The lowest BCUT2D eigenvalue weighted by atomic mass is 9.89. The molecule has 204 valence electrons. The molecular weight excluding hydrogens is 520 g/mol. The van der Waals surface area contributed by atoms with Gasteiger partial charge in [0.15, 0.2) is 0 Å². The Bertz CT molecular complexity index is 1790. The summed E-state index contributed by atoms with van der Waals surface area (Å²) >= 11 is 0. The van der Waals surface area contributed by atoms with E-state index >= 15 is 0 Å². The molecule has 0 spiro atoms. The van der Waals surface area contributed by atoms with E-state index in [-0.39, 0.29) is 18.4 Å². The highest BCUT2D eigenvalue weighted by molar-refractivity contribution is 6.22. The average molecular weight is 547 g/mol. The fraction of sp³-hybridized carbons (Fsp3) is 0.156. The zero-order valence-corrected chi connectivity index (χ0v) is 22.2. The SMILES string of the molecule is COc1cccc(C2c3[nH]c4ccccc4c3CC3C(=O)N(c4ccc(C(=O)NCc5ccco5)cc4)C(=O)N32)c1. The van der Waals surface area contributed by atoms with Crippen molar-refractivity contribution in [1.82, 2.24) is 15.2 Å². The van der Waals surface area contributed by atoms with Gasteiger partial charge in [-0.25, -0.2) is 9.69 Å². The number of ether oxygens (including phenoxy) is 1. The van der Waals surface area contributed by atoms with Crippen LogP contribution in [0.5, 0.6) is 5.75 Å². The van der Waals surface area contributed by atoms with Crippen molar-refractivity contribution in [2.24, 2.45) is 0 Å². The van der Waals surface area contributed by atoms with Crippen LogP contribution in [-0.2, 0) is 17.8 Å². The summed E-state index contributed by atoms with van der Waals surface area (Å²) in [6, 6.07) is 24.0. The molecule has 1 saturated heterocycles. The number of fused-ring (bicyclic) bond motifs is 4. The third kappa shape index (κ3) is 4.05. The lowest BCUT2D eigenvalue weighted by Crippen LogP contribution is -2.44. The minimum atomic E-state index is -0.679. The third-order valence-corrected chi connectivity index (χ3v) is 7.85. The van der Waals surface area contributed by atoms with Crippen LogP contribution in [0, 0.1) is 0 Å². The molecule has 9 nitrogen and oxygen atoms in total. The van der Waals surface area contributed by atoms with Gasteiger partial charge in [0.05, 0.1) is 25.6 Å². The van der Waals surface area contributed by atoms with Gasteiger partial charge in [-0.05, 0) is 65.7 Å². The fourth-order valence-electron chi connectivity index (χ4n) is 5.91. The van der Waals surface area contributed by atoms with Crippen LogP contribution in [0.1, 0.15) is 39.0 Å². The molecule has 2 N–H and O–H groups in total. The van der Waals surface area contributed by atoms with E-state index in [1.165, 1.54) is 4.90 Å². The molecule has 0 saturated carbocycles. The van der Waals surface area contributed by atoms with Crippen LogP contribution in [0.3, 0.4) is 0 Å². The first-order valence-electron chi connectivity index (χ1n) is 13.3. The summed E-state index contributed by atoms with van der Waals surface area (Å²) in [7, 11) is 1.60. The number of amides is 4. The maximum Gasteiger partial charge on any atom is 0.332 e. The van der Waals surface area contributed by atoms with Crippen molar-refractivity contribution in [1.29, 1.82) is 0 Å². The Morgan fingerprint density at radius 3 is 2.63 bits per heavy atom. The van der Waals surface area contributed by atoms with Gasteiger partial charge < -0.3 is 19.5 Å². The van der Waals surface area contributed by atoms with Gasteiger partial charge in [0, 0.05) is 28.6 Å². The molecule has 0 bridgehead atoms. The van der Waals surface area contributed by atoms with Crippen molar-refractivity contribution in [3.8, 4) is 5.75 Å². The molecule has 2 aromatic heterocycles. The first-order chi connectivity index (χ1) is 20.0. The minimum absolute atomic E-state index is 0.258. The third-order valence-electron chi connectivity index (χ3n) is 7.85.